The van der Waals surface area contributed by atoms with E-state index in [0.29, 0.717) is 17.8 Å². The van der Waals surface area contributed by atoms with Crippen molar-refractivity contribution in [2.45, 2.75) is 6.54 Å². The minimum absolute atomic E-state index is 0.421. The third-order valence-electron chi connectivity index (χ3n) is 5.05. The van der Waals surface area contributed by atoms with E-state index in [4.69, 9.17) is 0 Å². The number of fused-ring (bicyclic) bond motifs is 1. The number of hydrogen-bond acceptors (Lipinski definition) is 3. The third-order valence-corrected chi connectivity index (χ3v) is 5.05. The van der Waals surface area contributed by atoms with Crippen LogP contribution in [0.25, 0.3) is 16.6 Å². The lowest BCUT2D eigenvalue weighted by atomic mass is 10.0. The van der Waals surface area contributed by atoms with Crippen LogP contribution in [0.1, 0.15) is 21.5 Å². The topological polar surface area (TPSA) is 51.1 Å². The molecule has 0 fully saturated rings. The first-order valence-electron chi connectivity index (χ1n) is 9.81. The molecule has 0 saturated carbocycles. The predicted octanol–water partition coefficient (Wildman–Crippen LogP) is 4.76. The van der Waals surface area contributed by atoms with Crippen LogP contribution in [0.5, 0.6) is 0 Å². The minimum atomic E-state index is -0.550. The van der Waals surface area contributed by atoms with Gasteiger partial charge in [0.25, 0.3) is 0 Å². The number of carbonyl (C=O) groups is 2. The van der Waals surface area contributed by atoms with Gasteiger partial charge in [0.1, 0.15) is 0 Å². The molecule has 0 aliphatic heterocycles. The van der Waals surface area contributed by atoms with E-state index >= 15 is 0 Å². The molecule has 1 N–H and O–H groups in total. The fraction of sp³-hybridized carbons (Fsp3) is 0.0769. The van der Waals surface area contributed by atoms with Crippen molar-refractivity contribution in [3.63, 3.8) is 0 Å². The van der Waals surface area contributed by atoms with E-state index in [1.54, 1.807) is 6.20 Å². The quantitative estimate of drug-likeness (QED) is 0.279. The van der Waals surface area contributed by atoms with Crippen LogP contribution in [0.3, 0.4) is 0 Å². The summed E-state index contributed by atoms with van der Waals surface area (Å²) in [6.45, 7) is 0.553. The second kappa shape index (κ2) is 8.62. The molecule has 4 rings (SSSR count). The molecule has 0 bridgehead atoms. The summed E-state index contributed by atoms with van der Waals surface area (Å²) in [6, 6.07) is 27.1. The highest BCUT2D eigenvalue weighted by Gasteiger charge is 2.20. The second-order valence-corrected chi connectivity index (χ2v) is 7.13. The molecular weight excluding hydrogens is 372 g/mol. The first-order chi connectivity index (χ1) is 14.6. The van der Waals surface area contributed by atoms with Crippen molar-refractivity contribution in [3.8, 4) is 0 Å². The molecular formula is C26H22N2O2. The van der Waals surface area contributed by atoms with Crippen molar-refractivity contribution >= 4 is 28.2 Å². The molecule has 1 aromatic heterocycles. The number of aromatic nitrogens is 1. The molecule has 4 aromatic rings. The van der Waals surface area contributed by atoms with Crippen molar-refractivity contribution in [3.05, 3.63) is 114 Å². The molecule has 0 aliphatic rings. The Balaban J connectivity index is 1.64. The normalized spacial score (nSPS) is 11.4. The van der Waals surface area contributed by atoms with E-state index < -0.39 is 11.6 Å². The van der Waals surface area contributed by atoms with E-state index in [-0.39, 0.29) is 0 Å². The van der Waals surface area contributed by atoms with Crippen molar-refractivity contribution in [1.82, 2.24) is 9.88 Å². The van der Waals surface area contributed by atoms with Crippen LogP contribution in [-0.4, -0.2) is 16.1 Å². The van der Waals surface area contributed by atoms with Crippen LogP contribution >= 0.6 is 0 Å². The lowest BCUT2D eigenvalue weighted by Gasteiger charge is -2.11. The first kappa shape index (κ1) is 19.4. The van der Waals surface area contributed by atoms with Crippen molar-refractivity contribution in [1.29, 1.82) is 0 Å². The van der Waals surface area contributed by atoms with Crippen molar-refractivity contribution < 1.29 is 9.59 Å². The molecule has 0 aliphatic carbocycles. The molecule has 3 aromatic carbocycles. The number of hydrogen-bond donors (Lipinski definition) is 1. The summed E-state index contributed by atoms with van der Waals surface area (Å²) in [5.74, 6) is -1.06. The predicted molar refractivity (Wildman–Crippen MR) is 120 cm³/mol. The number of benzene rings is 3. The number of carbonyl (C=O) groups excluding carboxylic acids is 2. The summed E-state index contributed by atoms with van der Waals surface area (Å²) in [5, 5.41) is 4.10. The number of para-hydroxylation sites is 1. The molecule has 4 heteroatoms. The van der Waals surface area contributed by atoms with Crippen molar-refractivity contribution in [2.75, 3.05) is 0 Å². The lowest BCUT2D eigenvalue weighted by Crippen LogP contribution is -2.17. The van der Waals surface area contributed by atoms with Gasteiger partial charge in [-0.15, -0.1) is 0 Å². The maximum atomic E-state index is 13.0. The second-order valence-electron chi connectivity index (χ2n) is 7.13. The standard InChI is InChI=1S/C26H22N2O2/c1-28-18-22(21-14-8-9-15-24(21)28)26(30)25(29)16-23(20-12-6-3-7-13-20)27-17-19-10-4-2-5-11-19/h2-16,18,27H,17H2,1H3/b23-16-. The Hall–Kier alpha value is -3.92. The zero-order valence-electron chi connectivity index (χ0n) is 16.7. The van der Waals surface area contributed by atoms with Crippen LogP contribution in [0.4, 0.5) is 0 Å². The Morgan fingerprint density at radius 1 is 0.867 bits per heavy atom. The maximum absolute atomic E-state index is 13.0. The number of allylic oxidation sites excluding steroid dienone is 1. The van der Waals surface area contributed by atoms with E-state index in [9.17, 15) is 9.59 Å². The summed E-state index contributed by atoms with van der Waals surface area (Å²) in [7, 11) is 1.87. The maximum Gasteiger partial charge on any atom is 0.235 e. The molecule has 148 valence electrons. The van der Waals surface area contributed by atoms with E-state index in [1.165, 1.54) is 6.08 Å². The van der Waals surface area contributed by atoms with Gasteiger partial charge in [-0.1, -0.05) is 78.9 Å². The largest absolute Gasteiger partial charge is 0.380 e. The zero-order valence-corrected chi connectivity index (χ0v) is 16.7. The van der Waals surface area contributed by atoms with Crippen LogP contribution in [0, 0.1) is 0 Å². The van der Waals surface area contributed by atoms with Gasteiger partial charge in [0, 0.05) is 42.5 Å². The Morgan fingerprint density at radius 2 is 1.50 bits per heavy atom. The average Bonchev–Trinajstić information content (AvgIpc) is 3.14. The summed E-state index contributed by atoms with van der Waals surface area (Å²) in [5.41, 5.74) is 3.91. The smallest absolute Gasteiger partial charge is 0.235 e. The summed E-state index contributed by atoms with van der Waals surface area (Å²) < 4.78 is 1.87. The van der Waals surface area contributed by atoms with E-state index in [2.05, 4.69) is 5.32 Å². The number of aryl methyl sites for hydroxylation is 1. The van der Waals surface area contributed by atoms with E-state index in [1.807, 2.05) is 96.5 Å². The third kappa shape index (κ3) is 4.08. The molecule has 0 radical (unpaired) electrons. The Bertz CT molecular complexity index is 1220. The first-order valence-corrected chi connectivity index (χ1v) is 9.81. The van der Waals surface area contributed by atoms with Crippen molar-refractivity contribution in [2.24, 2.45) is 7.05 Å². The number of nitrogens with one attached hydrogen (secondary N) is 1. The highest BCUT2D eigenvalue weighted by atomic mass is 16.2. The van der Waals surface area contributed by atoms with Crippen LogP contribution in [0.2, 0.25) is 0 Å². The molecule has 4 nitrogen and oxygen atoms in total. The molecule has 0 saturated heterocycles. The average molecular weight is 394 g/mol. The SMILES string of the molecule is Cn1cc(C(=O)C(=O)/C=C(\NCc2ccccc2)c2ccccc2)c2ccccc21. The highest BCUT2D eigenvalue weighted by Crippen LogP contribution is 2.22. The molecule has 1 heterocycles. The van der Waals surface area contributed by atoms with Gasteiger partial charge in [0.2, 0.25) is 11.6 Å². The number of ketones is 2. The Morgan fingerprint density at radius 3 is 2.23 bits per heavy atom. The van der Waals surface area contributed by atoms with Crippen LogP contribution in [-0.2, 0) is 18.4 Å². The molecule has 0 unspecified atom stereocenters. The monoisotopic (exact) mass is 394 g/mol. The number of Topliss-reactive ketones (excluding diaryl/α,β-unsaturated/α-hetero) is 1. The van der Waals surface area contributed by atoms with Gasteiger partial charge in [0.15, 0.2) is 0 Å². The minimum Gasteiger partial charge on any atom is -0.380 e. The van der Waals surface area contributed by atoms with Gasteiger partial charge in [-0.2, -0.15) is 0 Å². The van der Waals surface area contributed by atoms with Crippen LogP contribution in [0.15, 0.2) is 97.2 Å². The number of nitrogens with zero attached hydrogens (tertiary/aromatic N) is 1. The zero-order chi connectivity index (χ0) is 20.9. The summed E-state index contributed by atoms with van der Waals surface area (Å²) in [6.07, 6.45) is 3.13. The molecule has 0 atom stereocenters. The fourth-order valence-corrected chi connectivity index (χ4v) is 3.50. The van der Waals surface area contributed by atoms with Crippen LogP contribution < -0.4 is 5.32 Å². The highest BCUT2D eigenvalue weighted by molar-refractivity contribution is 6.50. The summed E-state index contributed by atoms with van der Waals surface area (Å²) in [4.78, 5) is 25.9. The van der Waals surface area contributed by atoms with E-state index in [0.717, 1.165) is 22.0 Å². The number of rotatable bonds is 7. The Labute approximate surface area is 175 Å². The fourth-order valence-electron chi connectivity index (χ4n) is 3.50. The van der Waals surface area contributed by atoms with Gasteiger partial charge in [-0.3, -0.25) is 9.59 Å². The van der Waals surface area contributed by atoms with Gasteiger partial charge in [-0.25, -0.2) is 0 Å². The Kier molecular flexibility index (Phi) is 5.57. The van der Waals surface area contributed by atoms with Gasteiger partial charge >= 0.3 is 0 Å². The lowest BCUT2D eigenvalue weighted by molar-refractivity contribution is -0.110. The molecule has 0 amide bonds. The van der Waals surface area contributed by atoms with Gasteiger partial charge in [0.05, 0.1) is 5.56 Å². The summed E-state index contributed by atoms with van der Waals surface area (Å²) >= 11 is 0. The van der Waals surface area contributed by atoms with Gasteiger partial charge < -0.3 is 9.88 Å². The molecule has 0 spiro atoms. The van der Waals surface area contributed by atoms with Gasteiger partial charge in [-0.05, 0) is 17.2 Å². The molecule has 30 heavy (non-hydrogen) atoms.